The Labute approximate surface area is 135 Å². The molecule has 1 unspecified atom stereocenters. The van der Waals surface area contributed by atoms with Gasteiger partial charge in [-0.25, -0.2) is 0 Å². The van der Waals surface area contributed by atoms with Crippen LogP contribution >= 0.6 is 0 Å². The molecule has 0 heterocycles. The first-order valence-corrected chi connectivity index (χ1v) is 8.69. The number of allylic oxidation sites excluding steroid dienone is 2. The molecule has 1 fully saturated rings. The van der Waals surface area contributed by atoms with Gasteiger partial charge in [0.25, 0.3) is 0 Å². The molecule has 2 nitrogen and oxygen atoms in total. The number of rotatable bonds is 4. The van der Waals surface area contributed by atoms with Gasteiger partial charge < -0.3 is 5.11 Å². The molecule has 22 heavy (non-hydrogen) atoms. The second-order valence-electron chi connectivity index (χ2n) is 8.41. The lowest BCUT2D eigenvalue weighted by Gasteiger charge is -2.56. The molecule has 0 aromatic rings. The molecule has 2 aliphatic rings. The molecule has 2 heteroatoms. The van der Waals surface area contributed by atoms with Gasteiger partial charge in [-0.2, -0.15) is 0 Å². The number of aliphatic hydroxyl groups is 1. The van der Waals surface area contributed by atoms with E-state index in [1.807, 2.05) is 13.0 Å². The smallest absolute Gasteiger partial charge is 0.137 e. The van der Waals surface area contributed by atoms with E-state index in [1.54, 1.807) is 0 Å². The summed E-state index contributed by atoms with van der Waals surface area (Å²) in [6.45, 7) is 14.6. The third-order valence-electron chi connectivity index (χ3n) is 6.23. The molecule has 0 spiro atoms. The third-order valence-corrected chi connectivity index (χ3v) is 6.23. The Kier molecular flexibility index (Phi) is 4.73. The van der Waals surface area contributed by atoms with Gasteiger partial charge in [-0.05, 0) is 36.5 Å². The minimum Gasteiger partial charge on any atom is -0.392 e. The average Bonchev–Trinajstić information content (AvgIpc) is 2.42. The number of hydrogen-bond acceptors (Lipinski definition) is 2. The SMILES string of the molecule is C=C[C@@H](C)CC(=O)[C@H]1[C@@H](C)CC=C2C(C)(C)CCC(O)[C@@]21C. The molecule has 2 rings (SSSR count). The van der Waals surface area contributed by atoms with Gasteiger partial charge in [0.05, 0.1) is 6.10 Å². The van der Waals surface area contributed by atoms with Crippen LogP contribution in [-0.4, -0.2) is 17.0 Å². The number of carbonyl (C=O) groups excluding carboxylic acids is 1. The van der Waals surface area contributed by atoms with Crippen LogP contribution in [0.15, 0.2) is 24.3 Å². The Morgan fingerprint density at radius 2 is 2.14 bits per heavy atom. The Morgan fingerprint density at radius 3 is 2.73 bits per heavy atom. The van der Waals surface area contributed by atoms with Gasteiger partial charge in [-0.3, -0.25) is 4.79 Å². The number of Topliss-reactive ketones (excluding diaryl/α,β-unsaturated/α-hetero) is 1. The molecule has 0 radical (unpaired) electrons. The highest BCUT2D eigenvalue weighted by Crippen LogP contribution is 2.59. The van der Waals surface area contributed by atoms with Gasteiger partial charge in [0.2, 0.25) is 0 Å². The molecule has 0 aliphatic heterocycles. The standard InChI is InChI=1S/C20H32O2/c1-7-13(2)12-15(21)18-14(3)8-9-16-19(4,5)11-10-17(22)20(16,18)6/h7,9,13-14,17-18,22H,1,8,10-12H2,2-6H3/t13-,14+,17?,18-,20-/m1/s1. The summed E-state index contributed by atoms with van der Waals surface area (Å²) in [5.41, 5.74) is 0.982. The molecule has 0 bridgehead atoms. The number of carbonyl (C=O) groups is 1. The van der Waals surface area contributed by atoms with Crippen molar-refractivity contribution in [1.29, 1.82) is 0 Å². The highest BCUT2D eigenvalue weighted by Gasteiger charge is 2.56. The fraction of sp³-hybridized carbons (Fsp3) is 0.750. The van der Waals surface area contributed by atoms with Gasteiger partial charge in [-0.15, -0.1) is 6.58 Å². The largest absolute Gasteiger partial charge is 0.392 e. The summed E-state index contributed by atoms with van der Waals surface area (Å²) >= 11 is 0. The summed E-state index contributed by atoms with van der Waals surface area (Å²) < 4.78 is 0. The molecule has 0 saturated heterocycles. The van der Waals surface area contributed by atoms with Crippen molar-refractivity contribution in [2.24, 2.45) is 28.6 Å². The van der Waals surface area contributed by atoms with Crippen LogP contribution in [0.1, 0.15) is 60.3 Å². The number of ketones is 1. The van der Waals surface area contributed by atoms with Crippen LogP contribution in [-0.2, 0) is 4.79 Å². The predicted molar refractivity (Wildman–Crippen MR) is 91.5 cm³/mol. The van der Waals surface area contributed by atoms with E-state index in [0.717, 1.165) is 19.3 Å². The molecule has 0 aromatic carbocycles. The first-order valence-electron chi connectivity index (χ1n) is 8.69. The minimum atomic E-state index is -0.414. The van der Waals surface area contributed by atoms with Crippen LogP contribution in [0.25, 0.3) is 0 Å². The van der Waals surface area contributed by atoms with Crippen LogP contribution in [0.5, 0.6) is 0 Å². The summed E-state index contributed by atoms with van der Waals surface area (Å²) in [6.07, 6.45) is 7.01. The topological polar surface area (TPSA) is 37.3 Å². The normalized spacial score (nSPS) is 38.6. The van der Waals surface area contributed by atoms with E-state index >= 15 is 0 Å². The lowest BCUT2D eigenvalue weighted by Crippen LogP contribution is -2.54. The van der Waals surface area contributed by atoms with Crippen LogP contribution in [0.4, 0.5) is 0 Å². The van der Waals surface area contributed by atoms with Crippen molar-refractivity contribution in [3.8, 4) is 0 Å². The second-order valence-corrected chi connectivity index (χ2v) is 8.41. The molecular formula is C20H32O2. The quantitative estimate of drug-likeness (QED) is 0.774. The van der Waals surface area contributed by atoms with Crippen molar-refractivity contribution in [3.63, 3.8) is 0 Å². The summed E-state index contributed by atoms with van der Waals surface area (Å²) in [5, 5.41) is 10.8. The second kappa shape index (κ2) is 5.96. The molecule has 5 atom stereocenters. The minimum absolute atomic E-state index is 0.0792. The predicted octanol–water partition coefficient (Wildman–Crippen LogP) is 4.54. The van der Waals surface area contributed by atoms with Crippen molar-refractivity contribution in [2.75, 3.05) is 0 Å². The Hall–Kier alpha value is -0.890. The Bertz CT molecular complexity index is 488. The van der Waals surface area contributed by atoms with E-state index in [2.05, 4.69) is 40.3 Å². The van der Waals surface area contributed by atoms with E-state index in [1.165, 1.54) is 5.57 Å². The van der Waals surface area contributed by atoms with Crippen molar-refractivity contribution in [3.05, 3.63) is 24.3 Å². The van der Waals surface area contributed by atoms with Gasteiger partial charge >= 0.3 is 0 Å². The maximum Gasteiger partial charge on any atom is 0.137 e. The van der Waals surface area contributed by atoms with E-state index in [0.29, 0.717) is 18.1 Å². The molecule has 1 N–H and O–H groups in total. The first kappa shape index (κ1) is 17.5. The van der Waals surface area contributed by atoms with Crippen LogP contribution in [0, 0.1) is 28.6 Å². The summed E-state index contributed by atoms with van der Waals surface area (Å²) in [6, 6.07) is 0. The summed E-state index contributed by atoms with van der Waals surface area (Å²) in [4.78, 5) is 13.0. The molecule has 2 aliphatic carbocycles. The van der Waals surface area contributed by atoms with E-state index in [-0.39, 0.29) is 17.3 Å². The zero-order chi connectivity index (χ0) is 16.7. The van der Waals surface area contributed by atoms with Gasteiger partial charge in [-0.1, -0.05) is 52.3 Å². The number of fused-ring (bicyclic) bond motifs is 1. The van der Waals surface area contributed by atoms with Gasteiger partial charge in [0.15, 0.2) is 0 Å². The van der Waals surface area contributed by atoms with Crippen molar-refractivity contribution >= 4 is 5.78 Å². The third kappa shape index (κ3) is 2.71. The zero-order valence-corrected chi connectivity index (χ0v) is 14.9. The van der Waals surface area contributed by atoms with E-state index in [9.17, 15) is 9.90 Å². The molecule has 124 valence electrons. The molecule has 0 amide bonds. The van der Waals surface area contributed by atoms with Crippen molar-refractivity contribution in [1.82, 2.24) is 0 Å². The van der Waals surface area contributed by atoms with E-state index < -0.39 is 11.5 Å². The monoisotopic (exact) mass is 304 g/mol. The molecule has 1 saturated carbocycles. The molecule has 0 aromatic heterocycles. The summed E-state index contributed by atoms with van der Waals surface area (Å²) in [5.74, 6) is 0.711. The average molecular weight is 304 g/mol. The lowest BCUT2D eigenvalue weighted by atomic mass is 9.49. The maximum atomic E-state index is 13.0. The Balaban J connectivity index is 2.43. The number of hydrogen-bond donors (Lipinski definition) is 1. The fourth-order valence-electron chi connectivity index (χ4n) is 4.92. The zero-order valence-electron chi connectivity index (χ0n) is 14.9. The van der Waals surface area contributed by atoms with Crippen LogP contribution < -0.4 is 0 Å². The first-order chi connectivity index (χ1) is 10.1. The number of aliphatic hydroxyl groups excluding tert-OH is 1. The Morgan fingerprint density at radius 1 is 1.50 bits per heavy atom. The van der Waals surface area contributed by atoms with Gasteiger partial charge in [0, 0.05) is 17.8 Å². The highest BCUT2D eigenvalue weighted by atomic mass is 16.3. The maximum absolute atomic E-state index is 13.0. The van der Waals surface area contributed by atoms with Crippen molar-refractivity contribution < 1.29 is 9.90 Å². The van der Waals surface area contributed by atoms with E-state index in [4.69, 9.17) is 0 Å². The highest BCUT2D eigenvalue weighted by molar-refractivity contribution is 5.83. The van der Waals surface area contributed by atoms with Crippen LogP contribution in [0.2, 0.25) is 0 Å². The molecular weight excluding hydrogens is 272 g/mol. The summed E-state index contributed by atoms with van der Waals surface area (Å²) in [7, 11) is 0. The van der Waals surface area contributed by atoms with Crippen LogP contribution in [0.3, 0.4) is 0 Å². The van der Waals surface area contributed by atoms with Gasteiger partial charge in [0.1, 0.15) is 5.78 Å². The lowest BCUT2D eigenvalue weighted by molar-refractivity contribution is -0.136. The van der Waals surface area contributed by atoms with Crippen molar-refractivity contribution in [2.45, 2.75) is 66.4 Å². The fourth-order valence-corrected chi connectivity index (χ4v) is 4.92.